The Balaban J connectivity index is 0.00000180. The first kappa shape index (κ1) is 16.3. The van der Waals surface area contributed by atoms with Crippen LogP contribution in [-0.2, 0) is 0 Å². The Bertz CT molecular complexity index is 400. The standard InChI is InChI=1S/C13H18F2N2O.ClH/c14-10-1-2-11(12(15)9-10)13(3-8-18)17-6-4-16-5-7-17;/h1-2,9,13,16,18H,3-8H2;1H/t13-;/m0./s1. The summed E-state index contributed by atoms with van der Waals surface area (Å²) in [7, 11) is 0. The zero-order chi connectivity index (χ0) is 13.0. The Labute approximate surface area is 118 Å². The van der Waals surface area contributed by atoms with Gasteiger partial charge in [-0.25, -0.2) is 8.78 Å². The molecule has 6 heteroatoms. The largest absolute Gasteiger partial charge is 0.396 e. The van der Waals surface area contributed by atoms with E-state index in [9.17, 15) is 8.78 Å². The molecule has 1 aromatic rings. The molecule has 0 radical (unpaired) electrons. The number of piperazine rings is 1. The summed E-state index contributed by atoms with van der Waals surface area (Å²) in [5.41, 5.74) is 0.465. The van der Waals surface area contributed by atoms with Gasteiger partial charge in [-0.3, -0.25) is 4.90 Å². The van der Waals surface area contributed by atoms with Gasteiger partial charge >= 0.3 is 0 Å². The zero-order valence-corrected chi connectivity index (χ0v) is 11.4. The summed E-state index contributed by atoms with van der Waals surface area (Å²) in [6, 6.07) is 3.47. The van der Waals surface area contributed by atoms with Crippen LogP contribution < -0.4 is 5.32 Å². The van der Waals surface area contributed by atoms with Crippen molar-refractivity contribution in [2.24, 2.45) is 0 Å². The number of aliphatic hydroxyl groups excluding tert-OH is 1. The number of benzene rings is 1. The van der Waals surface area contributed by atoms with E-state index in [1.165, 1.54) is 12.1 Å². The van der Waals surface area contributed by atoms with Crippen LogP contribution in [0.25, 0.3) is 0 Å². The molecule has 0 bridgehead atoms. The first-order valence-electron chi connectivity index (χ1n) is 6.23. The van der Waals surface area contributed by atoms with Gasteiger partial charge in [0, 0.05) is 50.5 Å². The predicted octanol–water partition coefficient (Wildman–Crippen LogP) is 1.72. The molecule has 0 aliphatic carbocycles. The lowest BCUT2D eigenvalue weighted by molar-refractivity contribution is 0.138. The first-order valence-corrected chi connectivity index (χ1v) is 6.23. The molecule has 0 saturated carbocycles. The number of hydrogen-bond donors (Lipinski definition) is 2. The number of nitrogens with zero attached hydrogens (tertiary/aromatic N) is 1. The fourth-order valence-corrected chi connectivity index (χ4v) is 2.42. The molecule has 1 aromatic carbocycles. The Morgan fingerprint density at radius 3 is 2.53 bits per heavy atom. The number of aliphatic hydroxyl groups is 1. The summed E-state index contributed by atoms with van der Waals surface area (Å²) in [5, 5.41) is 12.4. The van der Waals surface area contributed by atoms with Gasteiger partial charge < -0.3 is 10.4 Å². The third-order valence-electron chi connectivity index (χ3n) is 3.32. The molecule has 1 atom stereocenters. The molecule has 0 aromatic heterocycles. The minimum absolute atomic E-state index is 0. The van der Waals surface area contributed by atoms with Crippen LogP contribution in [0.1, 0.15) is 18.0 Å². The Morgan fingerprint density at radius 1 is 1.26 bits per heavy atom. The highest BCUT2D eigenvalue weighted by atomic mass is 35.5. The summed E-state index contributed by atoms with van der Waals surface area (Å²) < 4.78 is 26.7. The highest BCUT2D eigenvalue weighted by molar-refractivity contribution is 5.85. The second-order valence-corrected chi connectivity index (χ2v) is 4.48. The Hall–Kier alpha value is -0.750. The van der Waals surface area contributed by atoms with Crippen molar-refractivity contribution in [1.82, 2.24) is 10.2 Å². The van der Waals surface area contributed by atoms with E-state index >= 15 is 0 Å². The Morgan fingerprint density at radius 2 is 1.95 bits per heavy atom. The van der Waals surface area contributed by atoms with E-state index in [1.54, 1.807) is 0 Å². The molecule has 2 N–H and O–H groups in total. The SMILES string of the molecule is Cl.OCC[C@@H](c1ccc(F)cc1F)N1CCNCC1. The monoisotopic (exact) mass is 292 g/mol. The van der Waals surface area contributed by atoms with Crippen LogP contribution in [0, 0.1) is 11.6 Å². The van der Waals surface area contributed by atoms with E-state index in [0.717, 1.165) is 32.2 Å². The highest BCUT2D eigenvalue weighted by Crippen LogP contribution is 2.27. The molecule has 0 amide bonds. The van der Waals surface area contributed by atoms with Crippen molar-refractivity contribution in [2.75, 3.05) is 32.8 Å². The van der Waals surface area contributed by atoms with Crippen molar-refractivity contribution < 1.29 is 13.9 Å². The maximum absolute atomic E-state index is 13.8. The lowest BCUT2D eigenvalue weighted by Gasteiger charge is -2.35. The van der Waals surface area contributed by atoms with E-state index in [4.69, 9.17) is 5.11 Å². The van der Waals surface area contributed by atoms with Crippen molar-refractivity contribution in [3.63, 3.8) is 0 Å². The summed E-state index contributed by atoms with van der Waals surface area (Å²) >= 11 is 0. The van der Waals surface area contributed by atoms with Crippen LogP contribution >= 0.6 is 12.4 Å². The van der Waals surface area contributed by atoms with Crippen molar-refractivity contribution in [3.8, 4) is 0 Å². The third kappa shape index (κ3) is 4.11. The maximum atomic E-state index is 13.8. The fourth-order valence-electron chi connectivity index (χ4n) is 2.42. The maximum Gasteiger partial charge on any atom is 0.130 e. The molecule has 1 aliphatic rings. The number of nitrogens with one attached hydrogen (secondary N) is 1. The van der Waals surface area contributed by atoms with Gasteiger partial charge in [0.25, 0.3) is 0 Å². The van der Waals surface area contributed by atoms with E-state index < -0.39 is 11.6 Å². The molecule has 1 aliphatic heterocycles. The molecule has 108 valence electrons. The van der Waals surface area contributed by atoms with E-state index in [1.807, 2.05) is 0 Å². The predicted molar refractivity (Wildman–Crippen MR) is 72.5 cm³/mol. The lowest BCUT2D eigenvalue weighted by atomic mass is 10.0. The van der Waals surface area contributed by atoms with Crippen LogP contribution in [0.15, 0.2) is 18.2 Å². The molecular weight excluding hydrogens is 274 g/mol. The second-order valence-electron chi connectivity index (χ2n) is 4.48. The van der Waals surface area contributed by atoms with Crippen LogP contribution in [0.4, 0.5) is 8.78 Å². The molecule has 19 heavy (non-hydrogen) atoms. The lowest BCUT2D eigenvalue weighted by Crippen LogP contribution is -2.45. The van der Waals surface area contributed by atoms with Gasteiger partial charge in [0.2, 0.25) is 0 Å². The van der Waals surface area contributed by atoms with Gasteiger partial charge in [-0.05, 0) is 12.5 Å². The summed E-state index contributed by atoms with van der Waals surface area (Å²) in [6.07, 6.45) is 0.461. The van der Waals surface area contributed by atoms with E-state index in [2.05, 4.69) is 10.2 Å². The molecule has 3 nitrogen and oxygen atoms in total. The van der Waals surface area contributed by atoms with Gasteiger partial charge in [0.05, 0.1) is 0 Å². The van der Waals surface area contributed by atoms with Crippen molar-refractivity contribution >= 4 is 12.4 Å². The Kier molecular flexibility index (Phi) is 6.65. The number of rotatable bonds is 4. The number of halogens is 3. The van der Waals surface area contributed by atoms with Crippen molar-refractivity contribution in [1.29, 1.82) is 0 Å². The molecule has 1 saturated heterocycles. The van der Waals surface area contributed by atoms with E-state index in [0.29, 0.717) is 12.0 Å². The average Bonchev–Trinajstić information content (AvgIpc) is 2.38. The van der Waals surface area contributed by atoms with Crippen LogP contribution in [0.2, 0.25) is 0 Å². The average molecular weight is 293 g/mol. The third-order valence-corrected chi connectivity index (χ3v) is 3.32. The van der Waals surface area contributed by atoms with Crippen LogP contribution in [-0.4, -0.2) is 42.8 Å². The quantitative estimate of drug-likeness (QED) is 0.887. The molecule has 1 heterocycles. The summed E-state index contributed by atoms with van der Waals surface area (Å²) in [4.78, 5) is 2.13. The molecular formula is C13H19ClF2N2O. The fraction of sp³-hybridized carbons (Fsp3) is 0.538. The molecule has 0 unspecified atom stereocenters. The first-order chi connectivity index (χ1) is 8.72. The number of hydrogen-bond acceptors (Lipinski definition) is 3. The minimum Gasteiger partial charge on any atom is -0.396 e. The summed E-state index contributed by atoms with van der Waals surface area (Å²) in [5.74, 6) is -1.11. The highest BCUT2D eigenvalue weighted by Gasteiger charge is 2.24. The molecule has 0 spiro atoms. The zero-order valence-electron chi connectivity index (χ0n) is 10.6. The van der Waals surface area contributed by atoms with Gasteiger partial charge in [-0.2, -0.15) is 0 Å². The van der Waals surface area contributed by atoms with Gasteiger partial charge in [0.15, 0.2) is 0 Å². The van der Waals surface area contributed by atoms with Gasteiger partial charge in [0.1, 0.15) is 11.6 Å². The topological polar surface area (TPSA) is 35.5 Å². The molecule has 1 fully saturated rings. The van der Waals surface area contributed by atoms with Crippen molar-refractivity contribution in [3.05, 3.63) is 35.4 Å². The van der Waals surface area contributed by atoms with Crippen molar-refractivity contribution in [2.45, 2.75) is 12.5 Å². The van der Waals surface area contributed by atoms with E-state index in [-0.39, 0.29) is 25.1 Å². The summed E-state index contributed by atoms with van der Waals surface area (Å²) in [6.45, 7) is 3.31. The van der Waals surface area contributed by atoms with Gasteiger partial charge in [-0.1, -0.05) is 6.07 Å². The van der Waals surface area contributed by atoms with Crippen LogP contribution in [0.3, 0.4) is 0 Å². The normalized spacial score (nSPS) is 17.8. The van der Waals surface area contributed by atoms with Crippen LogP contribution in [0.5, 0.6) is 0 Å². The smallest absolute Gasteiger partial charge is 0.130 e. The second kappa shape index (κ2) is 7.75. The minimum atomic E-state index is -0.570. The van der Waals surface area contributed by atoms with Gasteiger partial charge in [-0.15, -0.1) is 12.4 Å². The molecule has 2 rings (SSSR count).